The third-order valence-electron chi connectivity index (χ3n) is 6.06. The molecule has 0 spiro atoms. The number of hydrogen-bond donors (Lipinski definition) is 1. The molecule has 0 heterocycles. The maximum Gasteiger partial charge on any atom is 0.335 e. The van der Waals surface area contributed by atoms with Gasteiger partial charge in [0.1, 0.15) is 11.5 Å². The number of hydrogen-bond acceptors (Lipinski definition) is 3. The summed E-state index contributed by atoms with van der Waals surface area (Å²) < 4.78 is 11.3. The third-order valence-corrected chi connectivity index (χ3v) is 6.06. The summed E-state index contributed by atoms with van der Waals surface area (Å²) in [7, 11) is 0. The highest BCUT2D eigenvalue weighted by Gasteiger charge is 2.03. The molecule has 4 nitrogen and oxygen atoms in total. The first-order chi connectivity index (χ1) is 17.5. The third kappa shape index (κ3) is 11.4. The van der Waals surface area contributed by atoms with E-state index in [2.05, 4.69) is 69.3 Å². The van der Waals surface area contributed by atoms with Crippen LogP contribution in [0.4, 0.5) is 0 Å². The predicted molar refractivity (Wildman–Crippen MR) is 149 cm³/mol. The van der Waals surface area contributed by atoms with Crippen LogP contribution in [0.15, 0.2) is 78.9 Å². The Balaban J connectivity index is 0.000000269. The lowest BCUT2D eigenvalue weighted by Crippen LogP contribution is -2.07. The van der Waals surface area contributed by atoms with Gasteiger partial charge in [0, 0.05) is 0 Å². The quantitative estimate of drug-likeness (QED) is 0.229. The normalized spacial score (nSPS) is 11.2. The first kappa shape index (κ1) is 29.0. The van der Waals surface area contributed by atoms with Crippen molar-refractivity contribution in [2.45, 2.75) is 65.7 Å². The van der Waals surface area contributed by atoms with Gasteiger partial charge in [-0.25, -0.2) is 4.79 Å². The van der Waals surface area contributed by atoms with Gasteiger partial charge in [-0.05, 0) is 59.9 Å². The van der Waals surface area contributed by atoms with Crippen LogP contribution in [0, 0.1) is 5.92 Å². The van der Waals surface area contributed by atoms with Crippen LogP contribution in [0.1, 0.15) is 76.1 Å². The van der Waals surface area contributed by atoms with Crippen LogP contribution in [0.3, 0.4) is 0 Å². The monoisotopic (exact) mass is 490 g/mol. The highest BCUT2D eigenvalue weighted by Crippen LogP contribution is 2.22. The van der Waals surface area contributed by atoms with E-state index >= 15 is 0 Å². The van der Waals surface area contributed by atoms with Crippen LogP contribution in [0.5, 0.6) is 11.5 Å². The summed E-state index contributed by atoms with van der Waals surface area (Å²) >= 11 is 0. The Hall–Kier alpha value is -3.27. The zero-order valence-corrected chi connectivity index (χ0v) is 22.1. The van der Waals surface area contributed by atoms with Crippen LogP contribution in [-0.4, -0.2) is 24.3 Å². The second-order valence-corrected chi connectivity index (χ2v) is 9.16. The van der Waals surface area contributed by atoms with Gasteiger partial charge in [0.05, 0.1) is 18.8 Å². The molecule has 0 saturated carbocycles. The highest BCUT2D eigenvalue weighted by molar-refractivity contribution is 5.87. The molecule has 0 radical (unpaired) electrons. The lowest BCUT2D eigenvalue weighted by Gasteiger charge is -2.10. The van der Waals surface area contributed by atoms with E-state index in [0.29, 0.717) is 12.5 Å². The van der Waals surface area contributed by atoms with E-state index < -0.39 is 5.97 Å². The Labute approximate surface area is 217 Å². The Bertz CT molecular complexity index is 965. The van der Waals surface area contributed by atoms with Gasteiger partial charge in [0.25, 0.3) is 0 Å². The molecule has 0 aliphatic carbocycles. The van der Waals surface area contributed by atoms with E-state index in [9.17, 15) is 4.79 Å². The molecule has 0 saturated heterocycles. The Kier molecular flexibility index (Phi) is 13.8. The number of unbranched alkanes of at least 4 members (excludes halogenated alkanes) is 5. The number of benzene rings is 3. The minimum absolute atomic E-state index is 0.283. The lowest BCUT2D eigenvalue weighted by atomic mass is 10.1. The zero-order chi connectivity index (χ0) is 26.0. The van der Waals surface area contributed by atoms with Gasteiger partial charge in [-0.3, -0.25) is 0 Å². The summed E-state index contributed by atoms with van der Waals surface area (Å²) in [5.41, 5.74) is 2.77. The standard InChI is InChI=1S/C20H26O.C12H16O3/c1-2-3-4-5-6-10-17-21-20-15-13-19(14-16-20)18-11-8-7-9-12-18;1-3-9(2)8-15-11-6-4-10(5-7-11)12(13)14/h7-9,11-16H,2-6,10,17H2,1H3;4-7,9H,3,8H2,1-2H3,(H,13,14). The van der Waals surface area contributed by atoms with Crippen LogP contribution in [-0.2, 0) is 0 Å². The van der Waals surface area contributed by atoms with Gasteiger partial charge in [0.2, 0.25) is 0 Å². The number of aromatic carboxylic acids is 1. The van der Waals surface area contributed by atoms with Crippen LogP contribution < -0.4 is 9.47 Å². The summed E-state index contributed by atoms with van der Waals surface area (Å²) in [6.07, 6.45) is 8.89. The SMILES string of the molecule is CCC(C)COc1ccc(C(=O)O)cc1.CCCCCCCCOc1ccc(-c2ccccc2)cc1. The number of ether oxygens (including phenoxy) is 2. The molecule has 36 heavy (non-hydrogen) atoms. The van der Waals surface area contributed by atoms with Crippen molar-refractivity contribution >= 4 is 5.97 Å². The van der Waals surface area contributed by atoms with E-state index in [1.807, 2.05) is 6.07 Å². The van der Waals surface area contributed by atoms with Crippen molar-refractivity contribution in [3.63, 3.8) is 0 Å². The molecule has 0 bridgehead atoms. The topological polar surface area (TPSA) is 55.8 Å². The molecule has 0 aromatic heterocycles. The highest BCUT2D eigenvalue weighted by atomic mass is 16.5. The molecule has 4 heteroatoms. The van der Waals surface area contributed by atoms with Crippen molar-refractivity contribution in [3.8, 4) is 22.6 Å². The Morgan fingerprint density at radius 3 is 1.89 bits per heavy atom. The Morgan fingerprint density at radius 2 is 1.28 bits per heavy atom. The fraction of sp³-hybridized carbons (Fsp3) is 0.406. The average Bonchev–Trinajstić information content (AvgIpc) is 2.92. The predicted octanol–water partition coefficient (Wildman–Crippen LogP) is 8.90. The Morgan fingerprint density at radius 1 is 0.722 bits per heavy atom. The minimum atomic E-state index is -0.913. The molecule has 3 aromatic carbocycles. The molecule has 0 aliphatic heterocycles. The van der Waals surface area contributed by atoms with Crippen LogP contribution in [0.25, 0.3) is 11.1 Å². The molecule has 1 unspecified atom stereocenters. The number of carboxylic acid groups (broad SMARTS) is 1. The average molecular weight is 491 g/mol. The molecule has 1 atom stereocenters. The molecule has 0 aliphatic rings. The second kappa shape index (κ2) is 17.2. The van der Waals surface area contributed by atoms with E-state index in [1.165, 1.54) is 43.2 Å². The summed E-state index contributed by atoms with van der Waals surface area (Å²) in [5.74, 6) is 1.30. The van der Waals surface area contributed by atoms with Gasteiger partial charge in [0.15, 0.2) is 0 Å². The van der Waals surface area contributed by atoms with Gasteiger partial charge in [-0.2, -0.15) is 0 Å². The van der Waals surface area contributed by atoms with Crippen molar-refractivity contribution < 1.29 is 19.4 Å². The van der Waals surface area contributed by atoms with Gasteiger partial charge in [-0.1, -0.05) is 102 Å². The van der Waals surface area contributed by atoms with Gasteiger partial charge < -0.3 is 14.6 Å². The van der Waals surface area contributed by atoms with Crippen molar-refractivity contribution in [3.05, 3.63) is 84.4 Å². The smallest absolute Gasteiger partial charge is 0.335 e. The van der Waals surface area contributed by atoms with E-state index in [1.54, 1.807) is 24.3 Å². The lowest BCUT2D eigenvalue weighted by molar-refractivity contribution is 0.0697. The summed E-state index contributed by atoms with van der Waals surface area (Å²) in [6.45, 7) is 7.98. The van der Waals surface area contributed by atoms with Crippen molar-refractivity contribution in [2.24, 2.45) is 5.92 Å². The number of rotatable bonds is 14. The fourth-order valence-corrected chi connectivity index (χ4v) is 3.50. The summed E-state index contributed by atoms with van der Waals surface area (Å²) in [4.78, 5) is 10.6. The van der Waals surface area contributed by atoms with E-state index in [-0.39, 0.29) is 5.56 Å². The zero-order valence-electron chi connectivity index (χ0n) is 22.1. The largest absolute Gasteiger partial charge is 0.494 e. The summed E-state index contributed by atoms with van der Waals surface area (Å²) in [6, 6.07) is 25.3. The maximum atomic E-state index is 10.6. The number of carbonyl (C=O) groups is 1. The van der Waals surface area contributed by atoms with Crippen molar-refractivity contribution in [2.75, 3.05) is 13.2 Å². The van der Waals surface area contributed by atoms with Crippen molar-refractivity contribution in [1.29, 1.82) is 0 Å². The molecule has 0 fully saturated rings. The van der Waals surface area contributed by atoms with E-state index in [0.717, 1.165) is 30.9 Å². The van der Waals surface area contributed by atoms with E-state index in [4.69, 9.17) is 14.6 Å². The molecule has 0 amide bonds. The molecule has 1 N–H and O–H groups in total. The maximum absolute atomic E-state index is 10.6. The van der Waals surface area contributed by atoms with Gasteiger partial charge in [-0.15, -0.1) is 0 Å². The molecule has 3 aromatic rings. The summed E-state index contributed by atoms with van der Waals surface area (Å²) in [5, 5.41) is 8.69. The molecule has 3 rings (SSSR count). The van der Waals surface area contributed by atoms with Crippen LogP contribution >= 0.6 is 0 Å². The van der Waals surface area contributed by atoms with Gasteiger partial charge >= 0.3 is 5.97 Å². The van der Waals surface area contributed by atoms with Crippen LogP contribution in [0.2, 0.25) is 0 Å². The molecular formula is C32H42O4. The number of carboxylic acids is 1. The molecular weight excluding hydrogens is 448 g/mol. The minimum Gasteiger partial charge on any atom is -0.494 e. The fourth-order valence-electron chi connectivity index (χ4n) is 3.50. The first-order valence-electron chi connectivity index (χ1n) is 13.3. The molecule has 194 valence electrons. The van der Waals surface area contributed by atoms with Crippen molar-refractivity contribution in [1.82, 2.24) is 0 Å². The second-order valence-electron chi connectivity index (χ2n) is 9.16. The first-order valence-corrected chi connectivity index (χ1v) is 13.3.